The molecule has 116 valence electrons. The van der Waals surface area contributed by atoms with Crippen molar-refractivity contribution < 1.29 is 5.11 Å². The Balaban J connectivity index is 1.68. The van der Waals surface area contributed by atoms with Crippen LogP contribution in [0.5, 0.6) is 0 Å². The molecule has 0 aromatic rings. The highest BCUT2D eigenvalue weighted by atomic mass is 16.3. The van der Waals surface area contributed by atoms with Crippen LogP contribution in [0.2, 0.25) is 0 Å². The van der Waals surface area contributed by atoms with Gasteiger partial charge >= 0.3 is 0 Å². The number of rotatable bonds is 4. The molecule has 20 heavy (non-hydrogen) atoms. The van der Waals surface area contributed by atoms with Gasteiger partial charge in [-0.05, 0) is 63.5 Å². The molecule has 2 aliphatic carbocycles. The van der Waals surface area contributed by atoms with Crippen LogP contribution in [-0.2, 0) is 0 Å². The number of likely N-dealkylation sites (tertiary alicyclic amines) is 1. The van der Waals surface area contributed by atoms with Gasteiger partial charge in [-0.2, -0.15) is 0 Å². The smallest absolute Gasteiger partial charge is 0.0751 e. The fourth-order valence-corrected chi connectivity index (χ4v) is 5.30. The SMILES string of the molecule is CCC1CCC(C(O)C2(N3CCCC3)CCCC2)CC1. The second kappa shape index (κ2) is 6.36. The summed E-state index contributed by atoms with van der Waals surface area (Å²) in [5.41, 5.74) is 0.167. The largest absolute Gasteiger partial charge is 0.391 e. The van der Waals surface area contributed by atoms with Crippen molar-refractivity contribution in [1.29, 1.82) is 0 Å². The van der Waals surface area contributed by atoms with Gasteiger partial charge in [0.05, 0.1) is 6.10 Å². The Labute approximate surface area is 124 Å². The molecule has 1 N–H and O–H groups in total. The minimum absolute atomic E-state index is 0.0547. The van der Waals surface area contributed by atoms with Crippen LogP contribution < -0.4 is 0 Å². The predicted octanol–water partition coefficient (Wildman–Crippen LogP) is 3.97. The van der Waals surface area contributed by atoms with Gasteiger partial charge in [-0.3, -0.25) is 4.90 Å². The van der Waals surface area contributed by atoms with Gasteiger partial charge in [-0.15, -0.1) is 0 Å². The molecule has 1 aliphatic heterocycles. The van der Waals surface area contributed by atoms with Gasteiger partial charge in [0.15, 0.2) is 0 Å². The zero-order valence-electron chi connectivity index (χ0n) is 13.3. The van der Waals surface area contributed by atoms with Crippen molar-refractivity contribution >= 4 is 0 Å². The number of hydrogen-bond acceptors (Lipinski definition) is 2. The maximum absolute atomic E-state index is 11.2. The van der Waals surface area contributed by atoms with Crippen molar-refractivity contribution in [3.8, 4) is 0 Å². The van der Waals surface area contributed by atoms with Crippen LogP contribution in [-0.4, -0.2) is 34.7 Å². The molecule has 0 aromatic heterocycles. The quantitative estimate of drug-likeness (QED) is 0.841. The van der Waals surface area contributed by atoms with E-state index in [2.05, 4.69) is 11.8 Å². The number of nitrogens with zero attached hydrogens (tertiary/aromatic N) is 1. The highest BCUT2D eigenvalue weighted by molar-refractivity contribution is 5.04. The van der Waals surface area contributed by atoms with Crippen molar-refractivity contribution in [2.75, 3.05) is 13.1 Å². The summed E-state index contributed by atoms with van der Waals surface area (Å²) in [7, 11) is 0. The lowest BCUT2D eigenvalue weighted by Gasteiger charge is -2.47. The minimum Gasteiger partial charge on any atom is -0.391 e. The molecule has 0 radical (unpaired) electrons. The van der Waals surface area contributed by atoms with Crippen LogP contribution in [0.1, 0.15) is 77.6 Å². The first-order valence-electron chi connectivity index (χ1n) is 9.19. The Morgan fingerprint density at radius 3 is 2.15 bits per heavy atom. The lowest BCUT2D eigenvalue weighted by molar-refractivity contribution is -0.0613. The third-order valence-electron chi connectivity index (χ3n) is 6.67. The average Bonchev–Trinajstić information content (AvgIpc) is 3.18. The fourth-order valence-electron chi connectivity index (χ4n) is 5.30. The summed E-state index contributed by atoms with van der Waals surface area (Å²) in [6.45, 7) is 4.80. The highest BCUT2D eigenvalue weighted by Crippen LogP contribution is 2.45. The van der Waals surface area contributed by atoms with Gasteiger partial charge in [-0.1, -0.05) is 39.0 Å². The molecule has 3 fully saturated rings. The monoisotopic (exact) mass is 279 g/mol. The summed E-state index contributed by atoms with van der Waals surface area (Å²) in [6.07, 6.45) is 14.4. The predicted molar refractivity (Wildman–Crippen MR) is 83.8 cm³/mol. The van der Waals surface area contributed by atoms with Crippen LogP contribution in [0.3, 0.4) is 0 Å². The summed E-state index contributed by atoms with van der Waals surface area (Å²) in [5.74, 6) is 1.52. The molecule has 2 saturated carbocycles. The molecule has 0 amide bonds. The van der Waals surface area contributed by atoms with E-state index in [1.165, 1.54) is 83.7 Å². The maximum atomic E-state index is 11.2. The van der Waals surface area contributed by atoms with E-state index in [-0.39, 0.29) is 11.6 Å². The van der Waals surface area contributed by atoms with Crippen molar-refractivity contribution in [3.63, 3.8) is 0 Å². The Morgan fingerprint density at radius 1 is 1.00 bits per heavy atom. The summed E-state index contributed by atoms with van der Waals surface area (Å²) in [6, 6.07) is 0. The Kier molecular flexibility index (Phi) is 4.72. The fraction of sp³-hybridized carbons (Fsp3) is 1.00. The molecule has 2 nitrogen and oxygen atoms in total. The van der Waals surface area contributed by atoms with E-state index in [1.54, 1.807) is 0 Å². The van der Waals surface area contributed by atoms with Crippen LogP contribution in [0.15, 0.2) is 0 Å². The van der Waals surface area contributed by atoms with Crippen molar-refractivity contribution in [2.24, 2.45) is 11.8 Å². The Bertz CT molecular complexity index is 297. The summed E-state index contributed by atoms with van der Waals surface area (Å²) >= 11 is 0. The van der Waals surface area contributed by atoms with Gasteiger partial charge < -0.3 is 5.11 Å². The summed E-state index contributed by atoms with van der Waals surface area (Å²) in [5, 5.41) is 11.2. The zero-order valence-corrected chi connectivity index (χ0v) is 13.3. The molecular formula is C18H33NO. The summed E-state index contributed by atoms with van der Waals surface area (Å²) < 4.78 is 0. The van der Waals surface area contributed by atoms with Crippen LogP contribution in [0.25, 0.3) is 0 Å². The van der Waals surface area contributed by atoms with E-state index in [4.69, 9.17) is 0 Å². The van der Waals surface area contributed by atoms with Gasteiger partial charge in [0.2, 0.25) is 0 Å². The Hall–Kier alpha value is -0.0800. The molecule has 2 heteroatoms. The third-order valence-corrected chi connectivity index (χ3v) is 6.67. The van der Waals surface area contributed by atoms with Crippen LogP contribution >= 0.6 is 0 Å². The van der Waals surface area contributed by atoms with E-state index in [0.717, 1.165) is 5.92 Å². The molecule has 1 atom stereocenters. The molecule has 3 aliphatic rings. The highest BCUT2D eigenvalue weighted by Gasteiger charge is 2.48. The zero-order chi connectivity index (χ0) is 14.0. The van der Waals surface area contributed by atoms with Gasteiger partial charge in [0.1, 0.15) is 0 Å². The summed E-state index contributed by atoms with van der Waals surface area (Å²) in [4.78, 5) is 2.68. The van der Waals surface area contributed by atoms with E-state index in [9.17, 15) is 5.11 Å². The van der Waals surface area contributed by atoms with E-state index >= 15 is 0 Å². The molecule has 1 unspecified atom stereocenters. The average molecular weight is 279 g/mol. The second-order valence-electron chi connectivity index (χ2n) is 7.64. The molecule has 0 bridgehead atoms. The van der Waals surface area contributed by atoms with Crippen LogP contribution in [0.4, 0.5) is 0 Å². The van der Waals surface area contributed by atoms with Crippen molar-refractivity contribution in [1.82, 2.24) is 4.90 Å². The second-order valence-corrected chi connectivity index (χ2v) is 7.64. The van der Waals surface area contributed by atoms with Crippen LogP contribution in [0, 0.1) is 11.8 Å². The van der Waals surface area contributed by atoms with Gasteiger partial charge in [-0.25, -0.2) is 0 Å². The third kappa shape index (κ3) is 2.66. The lowest BCUT2D eigenvalue weighted by atomic mass is 9.72. The number of hydrogen-bond donors (Lipinski definition) is 1. The van der Waals surface area contributed by atoms with Crippen molar-refractivity contribution in [3.05, 3.63) is 0 Å². The number of aliphatic hydroxyl groups is 1. The molecule has 3 rings (SSSR count). The first-order valence-corrected chi connectivity index (χ1v) is 9.19. The molecular weight excluding hydrogens is 246 g/mol. The van der Waals surface area contributed by atoms with Crippen molar-refractivity contribution in [2.45, 2.75) is 89.2 Å². The molecule has 1 saturated heterocycles. The number of aliphatic hydroxyl groups excluding tert-OH is 1. The van der Waals surface area contributed by atoms with E-state index in [1.807, 2.05) is 0 Å². The topological polar surface area (TPSA) is 23.5 Å². The molecule has 0 spiro atoms. The normalized spacial score (nSPS) is 36.3. The van der Waals surface area contributed by atoms with E-state index in [0.29, 0.717) is 5.92 Å². The maximum Gasteiger partial charge on any atom is 0.0751 e. The first-order chi connectivity index (χ1) is 9.76. The molecule has 1 heterocycles. The first kappa shape index (κ1) is 14.8. The molecule has 0 aromatic carbocycles. The minimum atomic E-state index is -0.0547. The lowest BCUT2D eigenvalue weighted by Crippen LogP contribution is -2.56. The standard InChI is InChI=1S/C18H33NO/c1-2-15-7-9-16(10-8-15)17(20)18(11-3-4-12-18)19-13-5-6-14-19/h15-17,20H,2-14H2,1H3. The van der Waals surface area contributed by atoms with Gasteiger partial charge in [0.25, 0.3) is 0 Å². The van der Waals surface area contributed by atoms with E-state index < -0.39 is 0 Å². The Morgan fingerprint density at radius 2 is 1.60 bits per heavy atom. The van der Waals surface area contributed by atoms with Gasteiger partial charge in [0, 0.05) is 5.54 Å².